The number of sulfonamides is 4. The fourth-order valence-corrected chi connectivity index (χ4v) is 19.9. The monoisotopic (exact) mass is 2180 g/mol. The predicted octanol–water partition coefficient (Wildman–Crippen LogP) is 14.4. The SMILES string of the molecule is CN(C(=O)[C@H](Cc1ccccc1)NC(=O)NS(=O)(=O)c1cccc(Cl)c1Cl)c1ccc2c(c1)OCO2.CN(C(=O)[C@H](Cc1ccccc1)NC(=O)NS(=O)(=O)c1ccccc1C(F)(F)F)c1ccc2c(c1)OCO2.CN(C(=O)[C@H](Cc1ccccc1)NC(=O)NS(=O)(=O)c1ccccc1OC(F)(F)F)c1ccc2c(c1)OCO2.Cc1ccc(F)cc1S(=O)(=O)NC(=O)N[C@@H](Cc1ccccc1)C(=O)N(C)c1ccc2c(c1)OCO2. The minimum absolute atomic E-state index is 0.0161. The topological polar surface area (TPSA) is 465 Å². The Balaban J connectivity index is 0.000000166. The van der Waals surface area contributed by atoms with Gasteiger partial charge in [0.25, 0.3) is 40.1 Å². The number of hydrogen-bond acceptors (Lipinski definition) is 25. The number of nitrogens with one attached hydrogen (secondary N) is 8. The highest BCUT2D eigenvalue weighted by Crippen LogP contribution is 2.42. The van der Waals surface area contributed by atoms with Gasteiger partial charge in [0.15, 0.2) is 46.0 Å². The van der Waals surface area contributed by atoms with Crippen LogP contribution in [0.3, 0.4) is 0 Å². The first-order valence-corrected chi connectivity index (χ1v) is 50.8. The minimum Gasteiger partial charge on any atom is -0.454 e. The predicted molar refractivity (Wildman–Crippen MR) is 527 cm³/mol. The maximum absolute atomic E-state index is 13.6. The zero-order valence-corrected chi connectivity index (χ0v) is 83.3. The van der Waals surface area contributed by atoms with Gasteiger partial charge >= 0.3 is 36.7 Å². The van der Waals surface area contributed by atoms with Gasteiger partial charge in [0, 0.05) is 101 Å². The molecule has 0 aliphatic carbocycles. The van der Waals surface area contributed by atoms with E-state index in [2.05, 4.69) is 26.0 Å². The van der Waals surface area contributed by atoms with Gasteiger partial charge in [0.05, 0.1) is 25.4 Å². The third-order valence-corrected chi connectivity index (χ3v) is 28.8. The average molecular weight is 2180 g/mol. The molecule has 0 saturated heterocycles. The van der Waals surface area contributed by atoms with E-state index in [1.54, 1.807) is 198 Å². The maximum atomic E-state index is 13.6. The first-order chi connectivity index (χ1) is 70.7. The molecule has 50 heteroatoms. The van der Waals surface area contributed by atoms with E-state index < -0.39 is 151 Å². The number of ether oxygens (including phenoxy) is 9. The van der Waals surface area contributed by atoms with Crippen molar-refractivity contribution in [3.05, 3.63) is 328 Å². The zero-order chi connectivity index (χ0) is 107. The number of hydrogen-bond donors (Lipinski definition) is 8. The second kappa shape index (κ2) is 47.9. The molecule has 4 aliphatic rings. The van der Waals surface area contributed by atoms with Gasteiger partial charge in [-0.1, -0.05) is 181 Å². The molecule has 8 N–H and O–H groups in total. The van der Waals surface area contributed by atoms with Crippen LogP contribution in [0.1, 0.15) is 33.4 Å². The molecule has 782 valence electrons. The standard InChI is InChI=1S/C25H22F3N3O7S.C25H22F3N3O6S.C25H24FN3O6S.C24H21Cl2N3O6S/c1-31(17-11-12-19-21(14-17)37-15-36-19)23(32)18(13-16-7-3-2-4-8-16)29-24(33)30-39(34,35)22-10-6-5-9-20(22)38-25(26,27)28;1-31(17-11-12-20-21(14-17)37-15-36-20)23(32)19(13-16-7-3-2-4-8-16)29-24(33)30-38(34,35)22-10-6-5-9-18(22)25(26,27)28;1-16-8-9-18(26)13-23(16)36(32,33)28-25(31)27-20(12-17-6-4-3-5-7-17)24(30)29(2)19-10-11-21-22(14-19)35-15-34-21;1-29(16-10-11-19-20(13-16)35-14-34-19)23(30)18(12-15-6-3-2-4-7-15)27-24(31)28-36(32,33)21-9-5-8-17(25)22(21)26/h2-12,14,18H,13,15H2,1H3,(H2,29,30,33);2-12,14,19H,13,15H2,1H3,(H2,29,30,33);3-11,13-14,20H,12,15H2,1-2H3,(H2,27,28,31);2-11,13,18H,12,14H2,1H3,(H2,27,28,31)/t18-;19-;20-;18-/m0000/s1. The zero-order valence-electron chi connectivity index (χ0n) is 78.6. The lowest BCUT2D eigenvalue weighted by Crippen LogP contribution is -2.52. The van der Waals surface area contributed by atoms with Crippen LogP contribution >= 0.6 is 23.2 Å². The number of alkyl halides is 6. The largest absolute Gasteiger partial charge is 0.573 e. The van der Waals surface area contributed by atoms with Crippen molar-refractivity contribution in [2.24, 2.45) is 0 Å². The Morgan fingerprint density at radius 3 is 0.926 bits per heavy atom. The van der Waals surface area contributed by atoms with E-state index in [0.717, 1.165) is 65.7 Å². The number of benzene rings is 12. The summed E-state index contributed by atoms with van der Waals surface area (Å²) < 4.78 is 247. The van der Waals surface area contributed by atoms with Gasteiger partial charge in [-0.25, -0.2) is 76.1 Å². The summed E-state index contributed by atoms with van der Waals surface area (Å²) in [7, 11) is -12.5. The van der Waals surface area contributed by atoms with Crippen LogP contribution in [0.2, 0.25) is 10.0 Å². The van der Waals surface area contributed by atoms with Gasteiger partial charge in [0.2, 0.25) is 50.8 Å². The van der Waals surface area contributed by atoms with Crippen LogP contribution in [-0.4, -0.2) is 167 Å². The Morgan fingerprint density at radius 2 is 0.604 bits per heavy atom. The summed E-state index contributed by atoms with van der Waals surface area (Å²) in [5.41, 5.74) is 3.46. The quantitative estimate of drug-likeness (QED) is 0.0202. The van der Waals surface area contributed by atoms with Crippen molar-refractivity contribution in [3.8, 4) is 51.7 Å². The molecule has 0 fully saturated rings. The molecule has 4 aliphatic heterocycles. The number of amides is 12. The summed E-state index contributed by atoms with van der Waals surface area (Å²) in [6, 6.07) is 59.7. The molecule has 37 nitrogen and oxygen atoms in total. The lowest BCUT2D eigenvalue weighted by Gasteiger charge is -2.25. The number of nitrogens with zero attached hydrogens (tertiary/aromatic N) is 4. The number of carbonyl (C=O) groups excluding carboxylic acids is 8. The molecular formula is C99H89Cl2F7N12O25S4. The Hall–Kier alpha value is -16.3. The van der Waals surface area contributed by atoms with E-state index in [4.69, 9.17) is 61.1 Å². The van der Waals surface area contributed by atoms with E-state index in [1.165, 1.54) is 71.9 Å². The number of anilines is 4. The van der Waals surface area contributed by atoms with Gasteiger partial charge in [-0.3, -0.25) is 19.2 Å². The number of urea groups is 4. The van der Waals surface area contributed by atoms with Crippen LogP contribution in [0, 0.1) is 12.7 Å². The van der Waals surface area contributed by atoms with Crippen molar-refractivity contribution in [3.63, 3.8) is 0 Å². The molecule has 0 unspecified atom stereocenters. The van der Waals surface area contributed by atoms with Crippen molar-refractivity contribution in [1.29, 1.82) is 0 Å². The molecule has 12 amide bonds. The van der Waals surface area contributed by atoms with E-state index in [9.17, 15) is 103 Å². The highest BCUT2D eigenvalue weighted by atomic mass is 35.5. The molecule has 12 aromatic carbocycles. The maximum Gasteiger partial charge on any atom is 0.573 e. The lowest BCUT2D eigenvalue weighted by molar-refractivity contribution is -0.275. The molecule has 0 bridgehead atoms. The Bertz CT molecular complexity index is 7300. The number of likely N-dealkylation sites (N-methyl/N-ethyl adjacent to an activating group) is 4. The highest BCUT2D eigenvalue weighted by Gasteiger charge is 2.41. The first-order valence-electron chi connectivity index (χ1n) is 44.1. The number of aryl methyl sites for hydroxylation is 1. The van der Waals surface area contributed by atoms with E-state index in [0.29, 0.717) is 85.9 Å². The van der Waals surface area contributed by atoms with Crippen molar-refractivity contribution in [2.45, 2.75) is 88.9 Å². The number of rotatable bonds is 29. The molecule has 4 atom stereocenters. The summed E-state index contributed by atoms with van der Waals surface area (Å²) in [4.78, 5) is 107. The fraction of sp³-hybridized carbons (Fsp3) is 0.192. The van der Waals surface area contributed by atoms with Gasteiger partial charge < -0.3 is 83.5 Å². The molecule has 149 heavy (non-hydrogen) atoms. The second-order valence-corrected chi connectivity index (χ2v) is 39.9. The molecule has 0 radical (unpaired) electrons. The van der Waals surface area contributed by atoms with Crippen LogP contribution in [0.5, 0.6) is 51.7 Å². The Morgan fingerprint density at radius 1 is 0.329 bits per heavy atom. The second-order valence-electron chi connectivity index (χ2n) is 32.5. The smallest absolute Gasteiger partial charge is 0.454 e. The van der Waals surface area contributed by atoms with E-state index >= 15 is 0 Å². The first kappa shape index (κ1) is 110. The van der Waals surface area contributed by atoms with Crippen molar-refractivity contribution < 1.29 is 145 Å². The normalized spacial score (nSPS) is 13.2. The van der Waals surface area contributed by atoms with Crippen LogP contribution in [0.4, 0.5) is 72.7 Å². The van der Waals surface area contributed by atoms with Gasteiger partial charge in [-0.05, 0) is 132 Å². The number of halogens is 9. The molecule has 0 aromatic heterocycles. The van der Waals surface area contributed by atoms with Crippen molar-refractivity contribution in [2.75, 3.05) is 75.0 Å². The molecule has 0 spiro atoms. The highest BCUT2D eigenvalue weighted by molar-refractivity contribution is 7.91. The molecule has 4 heterocycles. The average Bonchev–Trinajstić information content (AvgIpc) is 1.73. The van der Waals surface area contributed by atoms with Crippen LogP contribution < -0.4 is 102 Å². The summed E-state index contributed by atoms with van der Waals surface area (Å²) in [6.07, 6.45) is -9.97. The summed E-state index contributed by atoms with van der Waals surface area (Å²) in [6.45, 7) is 1.70. The number of fused-ring (bicyclic) bond motifs is 4. The van der Waals surface area contributed by atoms with Crippen LogP contribution in [0.15, 0.2) is 299 Å². The molecular weight excluding hydrogens is 2090 g/mol. The molecule has 12 aromatic rings. The third kappa shape index (κ3) is 29.1. The fourth-order valence-electron chi connectivity index (χ4n) is 14.8. The summed E-state index contributed by atoms with van der Waals surface area (Å²) in [5, 5.41) is 9.34. The van der Waals surface area contributed by atoms with Crippen molar-refractivity contribution in [1.82, 2.24) is 40.2 Å². The van der Waals surface area contributed by atoms with Crippen molar-refractivity contribution >= 4 is 134 Å². The van der Waals surface area contributed by atoms with Gasteiger partial charge in [0.1, 0.15) is 45.5 Å². The minimum atomic E-state index is -5.17. The lowest BCUT2D eigenvalue weighted by atomic mass is 10.0. The third-order valence-electron chi connectivity index (χ3n) is 22.2. The van der Waals surface area contributed by atoms with E-state index in [1.807, 2.05) is 21.6 Å². The Labute approximate surface area is 857 Å². The number of para-hydroxylation sites is 1. The summed E-state index contributed by atoms with van der Waals surface area (Å²) in [5.74, 6) is -0.0659. The van der Waals surface area contributed by atoms with Crippen LogP contribution in [-0.2, 0) is 91.1 Å². The Kier molecular flexibility index (Phi) is 35.3. The molecule has 0 saturated carbocycles. The summed E-state index contributed by atoms with van der Waals surface area (Å²) >= 11 is 11.9. The van der Waals surface area contributed by atoms with Crippen LogP contribution in [0.25, 0.3) is 0 Å². The number of carbonyl (C=O) groups is 8. The molecule has 16 rings (SSSR count). The van der Waals surface area contributed by atoms with Gasteiger partial charge in [-0.2, -0.15) is 13.2 Å². The van der Waals surface area contributed by atoms with Gasteiger partial charge in [-0.15, -0.1) is 13.2 Å². The van der Waals surface area contributed by atoms with E-state index in [-0.39, 0.29) is 78.3 Å².